The molecule has 0 saturated carbocycles. The van der Waals surface area contributed by atoms with Crippen molar-refractivity contribution < 1.29 is 29.7 Å². The summed E-state index contributed by atoms with van der Waals surface area (Å²) < 4.78 is 0. The monoisotopic (exact) mass is 506 g/mol. The number of carboxylic acids is 3. The van der Waals surface area contributed by atoms with Crippen molar-refractivity contribution in [2.24, 2.45) is 5.73 Å². The number of rotatable bonds is 19. The van der Waals surface area contributed by atoms with Crippen LogP contribution in [0.1, 0.15) is 137 Å². The Balaban J connectivity index is -0.000000329. The van der Waals surface area contributed by atoms with E-state index in [0.717, 1.165) is 33.9 Å². The molecule has 0 radical (unpaired) electrons. The third-order valence-electron chi connectivity index (χ3n) is 4.88. The number of hydrogen-bond donors (Lipinski definition) is 5. The normalized spacial score (nSPS) is 10.5. The Kier molecular flexibility index (Phi) is 42.7. The summed E-state index contributed by atoms with van der Waals surface area (Å²) in [6.45, 7) is 9.59. The van der Waals surface area contributed by atoms with Crippen LogP contribution in [0.15, 0.2) is 0 Å². The number of carbonyl (C=O) groups is 3. The van der Waals surface area contributed by atoms with Gasteiger partial charge in [0, 0.05) is 33.4 Å². The molecule has 0 aromatic heterocycles. The summed E-state index contributed by atoms with van der Waals surface area (Å²) in [5.74, 6) is -2.50. The average molecular weight is 507 g/mol. The molecule has 0 rings (SSSR count). The molecular formula is C27H58N2O6. The van der Waals surface area contributed by atoms with Gasteiger partial charge in [0.25, 0.3) is 17.9 Å². The molecule has 6 N–H and O–H groups in total. The lowest BCUT2D eigenvalue weighted by atomic mass is 10.0. The van der Waals surface area contributed by atoms with Crippen molar-refractivity contribution in [1.29, 1.82) is 0 Å². The number of hydrogen-bond acceptors (Lipinski definition) is 5. The van der Waals surface area contributed by atoms with E-state index >= 15 is 0 Å². The number of aliphatic carboxylic acids is 3. The van der Waals surface area contributed by atoms with Gasteiger partial charge in [-0.1, -0.05) is 103 Å². The molecule has 212 valence electrons. The van der Waals surface area contributed by atoms with Crippen LogP contribution in [0.4, 0.5) is 0 Å². The number of unbranched alkanes of at least 4 members (excludes halogenated alkanes) is 15. The minimum absolute atomic E-state index is 0.478. The molecule has 8 heteroatoms. The molecule has 0 aliphatic heterocycles. The SMILES string of the molecule is CC(=O)O.CC(=O)O.CC(=O)O.CCCCCCCCCCCCCCCCCCNC(C)CN. The summed E-state index contributed by atoms with van der Waals surface area (Å²) in [7, 11) is 0. The number of nitrogens with one attached hydrogen (secondary N) is 1. The topological polar surface area (TPSA) is 150 Å². The van der Waals surface area contributed by atoms with Crippen LogP contribution in [0.25, 0.3) is 0 Å². The Labute approximate surface area is 215 Å². The van der Waals surface area contributed by atoms with E-state index in [-0.39, 0.29) is 0 Å². The highest BCUT2D eigenvalue weighted by Crippen LogP contribution is 2.13. The zero-order chi connectivity index (χ0) is 27.7. The van der Waals surface area contributed by atoms with E-state index in [9.17, 15) is 0 Å². The third-order valence-corrected chi connectivity index (χ3v) is 4.88. The number of nitrogens with two attached hydrogens (primary N) is 1. The van der Waals surface area contributed by atoms with E-state index < -0.39 is 17.9 Å². The molecular weight excluding hydrogens is 448 g/mol. The van der Waals surface area contributed by atoms with Crippen LogP contribution < -0.4 is 11.1 Å². The first-order valence-electron chi connectivity index (χ1n) is 13.5. The standard InChI is InChI=1S/C21H46N2.3C2H4O2/c1-3-4-5-6-7-8-9-10-11-12-13-14-15-16-17-18-19-23-21(2)20-22;3*1-2(3)4/h21,23H,3-20,22H2,1-2H3;3*1H3,(H,3,4). The average Bonchev–Trinajstić information content (AvgIpc) is 2.74. The maximum Gasteiger partial charge on any atom is 0.300 e. The smallest absolute Gasteiger partial charge is 0.300 e. The quantitative estimate of drug-likeness (QED) is 0.125. The zero-order valence-electron chi connectivity index (χ0n) is 23.4. The minimum atomic E-state index is -0.833. The Morgan fingerprint density at radius 3 is 1.06 bits per heavy atom. The summed E-state index contributed by atoms with van der Waals surface area (Å²) in [5, 5.41) is 25.7. The van der Waals surface area contributed by atoms with Crippen LogP contribution in [0.2, 0.25) is 0 Å². The first-order valence-corrected chi connectivity index (χ1v) is 13.5. The van der Waals surface area contributed by atoms with Crippen molar-refractivity contribution in [3.63, 3.8) is 0 Å². The predicted molar refractivity (Wildman–Crippen MR) is 146 cm³/mol. The van der Waals surface area contributed by atoms with Gasteiger partial charge in [-0.3, -0.25) is 14.4 Å². The summed E-state index contributed by atoms with van der Waals surface area (Å²) >= 11 is 0. The highest BCUT2D eigenvalue weighted by molar-refractivity contribution is 5.63. The van der Waals surface area contributed by atoms with Crippen molar-refractivity contribution in [3.8, 4) is 0 Å². The van der Waals surface area contributed by atoms with Crippen molar-refractivity contribution in [3.05, 3.63) is 0 Å². The Morgan fingerprint density at radius 2 is 0.829 bits per heavy atom. The van der Waals surface area contributed by atoms with Crippen molar-refractivity contribution in [1.82, 2.24) is 5.32 Å². The molecule has 0 amide bonds. The fourth-order valence-electron chi connectivity index (χ4n) is 3.10. The van der Waals surface area contributed by atoms with E-state index in [2.05, 4.69) is 19.2 Å². The molecule has 0 aliphatic rings. The van der Waals surface area contributed by atoms with Gasteiger partial charge in [-0.25, -0.2) is 0 Å². The van der Waals surface area contributed by atoms with Gasteiger partial charge in [-0.15, -0.1) is 0 Å². The summed E-state index contributed by atoms with van der Waals surface area (Å²) in [5.41, 5.74) is 5.58. The predicted octanol–water partition coefficient (Wildman–Crippen LogP) is 6.46. The van der Waals surface area contributed by atoms with E-state index in [4.69, 9.17) is 35.4 Å². The molecule has 0 heterocycles. The van der Waals surface area contributed by atoms with Crippen LogP contribution in [0, 0.1) is 0 Å². The second-order valence-electron chi connectivity index (χ2n) is 8.95. The van der Waals surface area contributed by atoms with Crippen molar-refractivity contribution in [2.45, 2.75) is 143 Å². The lowest BCUT2D eigenvalue weighted by Crippen LogP contribution is -2.33. The highest BCUT2D eigenvalue weighted by Gasteiger charge is 1.97. The molecule has 0 saturated heterocycles. The maximum absolute atomic E-state index is 9.00. The summed E-state index contributed by atoms with van der Waals surface area (Å²) in [4.78, 5) is 27.0. The molecule has 0 spiro atoms. The lowest BCUT2D eigenvalue weighted by Gasteiger charge is -2.10. The molecule has 0 bridgehead atoms. The van der Waals surface area contributed by atoms with Gasteiger partial charge >= 0.3 is 0 Å². The third kappa shape index (κ3) is 79.6. The Hall–Kier alpha value is -1.67. The van der Waals surface area contributed by atoms with E-state index in [0.29, 0.717) is 6.04 Å². The van der Waals surface area contributed by atoms with Gasteiger partial charge < -0.3 is 26.4 Å². The highest BCUT2D eigenvalue weighted by atomic mass is 16.4. The zero-order valence-corrected chi connectivity index (χ0v) is 23.4. The molecule has 35 heavy (non-hydrogen) atoms. The van der Waals surface area contributed by atoms with Crippen LogP contribution >= 0.6 is 0 Å². The summed E-state index contributed by atoms with van der Waals surface area (Å²) in [6.07, 6.45) is 23.0. The molecule has 0 aromatic rings. The second kappa shape index (κ2) is 36.9. The van der Waals surface area contributed by atoms with Crippen LogP contribution in [-0.4, -0.2) is 52.4 Å². The minimum Gasteiger partial charge on any atom is -0.481 e. The first-order chi connectivity index (χ1) is 16.5. The van der Waals surface area contributed by atoms with Crippen molar-refractivity contribution in [2.75, 3.05) is 13.1 Å². The van der Waals surface area contributed by atoms with Gasteiger partial charge in [0.2, 0.25) is 0 Å². The largest absolute Gasteiger partial charge is 0.481 e. The van der Waals surface area contributed by atoms with Gasteiger partial charge in [0.15, 0.2) is 0 Å². The molecule has 1 unspecified atom stereocenters. The van der Waals surface area contributed by atoms with Gasteiger partial charge in [-0.05, 0) is 19.9 Å². The van der Waals surface area contributed by atoms with Crippen molar-refractivity contribution >= 4 is 17.9 Å². The fraction of sp³-hybridized carbons (Fsp3) is 0.889. The van der Waals surface area contributed by atoms with E-state index in [1.165, 1.54) is 103 Å². The molecule has 8 nitrogen and oxygen atoms in total. The summed E-state index contributed by atoms with van der Waals surface area (Å²) in [6, 6.07) is 0.478. The maximum atomic E-state index is 9.00. The van der Waals surface area contributed by atoms with E-state index in [1.807, 2.05) is 0 Å². The number of carboxylic acid groups (broad SMARTS) is 3. The van der Waals surface area contributed by atoms with E-state index in [1.54, 1.807) is 0 Å². The Morgan fingerprint density at radius 1 is 0.600 bits per heavy atom. The van der Waals surface area contributed by atoms with Gasteiger partial charge in [0.05, 0.1) is 0 Å². The fourth-order valence-corrected chi connectivity index (χ4v) is 3.10. The van der Waals surface area contributed by atoms with Crippen LogP contribution in [0.5, 0.6) is 0 Å². The molecule has 0 aromatic carbocycles. The molecule has 0 aliphatic carbocycles. The lowest BCUT2D eigenvalue weighted by molar-refractivity contribution is -0.135. The molecule has 0 fully saturated rings. The van der Waals surface area contributed by atoms with Crippen LogP contribution in [-0.2, 0) is 14.4 Å². The van der Waals surface area contributed by atoms with Crippen LogP contribution in [0.3, 0.4) is 0 Å². The first kappa shape index (κ1) is 40.5. The Bertz CT molecular complexity index is 407. The van der Waals surface area contributed by atoms with Gasteiger partial charge in [0.1, 0.15) is 0 Å². The molecule has 1 atom stereocenters. The van der Waals surface area contributed by atoms with Gasteiger partial charge in [-0.2, -0.15) is 0 Å². The second-order valence-corrected chi connectivity index (χ2v) is 8.95.